The molecule has 0 unspecified atom stereocenters. The molecule has 1 amide bonds. The highest BCUT2D eigenvalue weighted by molar-refractivity contribution is 5.77. The third-order valence-corrected chi connectivity index (χ3v) is 2.80. The molecule has 0 atom stereocenters. The van der Waals surface area contributed by atoms with Gasteiger partial charge in [-0.05, 0) is 0 Å². The molecule has 7 nitrogen and oxygen atoms in total. The summed E-state index contributed by atoms with van der Waals surface area (Å²) in [6.07, 6.45) is 3.80. The number of hydrogen-bond acceptors (Lipinski definition) is 4. The molecule has 2 heterocycles. The van der Waals surface area contributed by atoms with Crippen molar-refractivity contribution in [3.8, 4) is 0 Å². The quantitative estimate of drug-likeness (QED) is 0.754. The van der Waals surface area contributed by atoms with Crippen molar-refractivity contribution < 1.29 is 14.7 Å². The van der Waals surface area contributed by atoms with Gasteiger partial charge in [-0.1, -0.05) is 5.21 Å². The summed E-state index contributed by atoms with van der Waals surface area (Å²) in [5.74, 6) is -0.644. The van der Waals surface area contributed by atoms with Gasteiger partial charge in [0.25, 0.3) is 0 Å². The number of likely N-dealkylation sites (tertiary alicyclic amines) is 1. The fourth-order valence-electron chi connectivity index (χ4n) is 1.87. The van der Waals surface area contributed by atoms with Crippen molar-refractivity contribution >= 4 is 11.9 Å². The van der Waals surface area contributed by atoms with Gasteiger partial charge in [-0.3, -0.25) is 14.3 Å². The van der Waals surface area contributed by atoms with Gasteiger partial charge in [0.2, 0.25) is 5.91 Å². The van der Waals surface area contributed by atoms with Crippen molar-refractivity contribution in [1.29, 1.82) is 0 Å². The van der Waals surface area contributed by atoms with Crippen LogP contribution in [0.15, 0.2) is 12.4 Å². The van der Waals surface area contributed by atoms with Gasteiger partial charge >= 0.3 is 5.97 Å². The van der Waals surface area contributed by atoms with E-state index in [1.165, 1.54) is 0 Å². The average Bonchev–Trinajstić information content (AvgIpc) is 2.71. The highest BCUT2D eigenvalue weighted by Crippen LogP contribution is 2.19. The van der Waals surface area contributed by atoms with E-state index in [-0.39, 0.29) is 18.2 Å². The molecule has 0 aliphatic carbocycles. The number of aromatic nitrogens is 3. The maximum Gasteiger partial charge on any atom is 0.303 e. The summed E-state index contributed by atoms with van der Waals surface area (Å²) in [7, 11) is 0. The standard InChI is InChI=1S/C10H14N4O3/c15-9(1-3-14-4-2-11-12-14)13-6-8(7-13)5-10(16)17/h2,4,8H,1,3,5-7H2,(H,16,17). The Morgan fingerprint density at radius 2 is 2.18 bits per heavy atom. The summed E-state index contributed by atoms with van der Waals surface area (Å²) in [6.45, 7) is 1.63. The lowest BCUT2D eigenvalue weighted by Crippen LogP contribution is -2.50. The number of nitrogens with zero attached hydrogens (tertiary/aromatic N) is 4. The number of carboxylic acid groups (broad SMARTS) is 1. The first-order valence-electron chi connectivity index (χ1n) is 5.49. The fraction of sp³-hybridized carbons (Fsp3) is 0.600. The lowest BCUT2D eigenvalue weighted by atomic mass is 9.96. The van der Waals surface area contributed by atoms with Gasteiger partial charge in [0.05, 0.1) is 19.2 Å². The van der Waals surface area contributed by atoms with Gasteiger partial charge in [0, 0.05) is 31.6 Å². The predicted octanol–water partition coefficient (Wildman–Crippen LogP) is -0.399. The number of rotatable bonds is 5. The fourth-order valence-corrected chi connectivity index (χ4v) is 1.87. The van der Waals surface area contributed by atoms with Crippen molar-refractivity contribution in [2.24, 2.45) is 5.92 Å². The first-order valence-corrected chi connectivity index (χ1v) is 5.49. The zero-order chi connectivity index (χ0) is 12.3. The van der Waals surface area contributed by atoms with E-state index >= 15 is 0 Å². The smallest absolute Gasteiger partial charge is 0.303 e. The predicted molar refractivity (Wildman–Crippen MR) is 57.0 cm³/mol. The molecule has 1 aromatic rings. The minimum absolute atomic E-state index is 0.0436. The number of hydrogen-bond donors (Lipinski definition) is 1. The Kier molecular flexibility index (Phi) is 3.36. The summed E-state index contributed by atoms with van der Waals surface area (Å²) in [6, 6.07) is 0. The van der Waals surface area contributed by atoms with E-state index in [9.17, 15) is 9.59 Å². The number of carbonyl (C=O) groups excluding carboxylic acids is 1. The number of carbonyl (C=O) groups is 2. The zero-order valence-corrected chi connectivity index (χ0v) is 9.32. The van der Waals surface area contributed by atoms with Crippen molar-refractivity contribution in [2.45, 2.75) is 19.4 Å². The van der Waals surface area contributed by atoms with E-state index in [0.717, 1.165) is 0 Å². The second kappa shape index (κ2) is 4.94. The Labute approximate surface area is 98.0 Å². The van der Waals surface area contributed by atoms with E-state index in [1.807, 2.05) is 0 Å². The number of aliphatic carboxylic acids is 1. The normalized spacial score (nSPS) is 15.6. The zero-order valence-electron chi connectivity index (χ0n) is 9.32. The Hall–Kier alpha value is -1.92. The first-order chi connectivity index (χ1) is 8.15. The molecule has 0 saturated carbocycles. The van der Waals surface area contributed by atoms with Crippen LogP contribution in [-0.4, -0.2) is 50.0 Å². The summed E-state index contributed by atoms with van der Waals surface area (Å²) < 4.78 is 1.60. The summed E-state index contributed by atoms with van der Waals surface area (Å²) in [4.78, 5) is 23.8. The minimum Gasteiger partial charge on any atom is -0.481 e. The highest BCUT2D eigenvalue weighted by atomic mass is 16.4. The second-order valence-corrected chi connectivity index (χ2v) is 4.18. The Balaban J connectivity index is 1.67. The Morgan fingerprint density at radius 1 is 1.41 bits per heavy atom. The molecule has 17 heavy (non-hydrogen) atoms. The lowest BCUT2D eigenvalue weighted by Gasteiger charge is -2.38. The van der Waals surface area contributed by atoms with Gasteiger partial charge in [-0.2, -0.15) is 0 Å². The lowest BCUT2D eigenvalue weighted by molar-refractivity contribution is -0.145. The maximum atomic E-state index is 11.7. The molecule has 1 N–H and O–H groups in total. The summed E-state index contributed by atoms with van der Waals surface area (Å²) in [5.41, 5.74) is 0. The third kappa shape index (κ3) is 3.02. The van der Waals surface area contributed by atoms with Gasteiger partial charge in [0.15, 0.2) is 0 Å². The summed E-state index contributed by atoms with van der Waals surface area (Å²) in [5, 5.41) is 16.0. The van der Waals surface area contributed by atoms with Crippen LogP contribution in [0.4, 0.5) is 0 Å². The van der Waals surface area contributed by atoms with Crippen molar-refractivity contribution in [1.82, 2.24) is 19.9 Å². The molecule has 1 aliphatic heterocycles. The molecule has 0 radical (unpaired) electrons. The van der Waals surface area contributed by atoms with Crippen LogP contribution in [0.5, 0.6) is 0 Å². The van der Waals surface area contributed by atoms with Crippen molar-refractivity contribution in [2.75, 3.05) is 13.1 Å². The molecule has 0 spiro atoms. The number of carboxylic acids is 1. The number of aryl methyl sites for hydroxylation is 1. The van der Waals surface area contributed by atoms with Crippen LogP contribution in [-0.2, 0) is 16.1 Å². The van der Waals surface area contributed by atoms with Crippen LogP contribution in [0.2, 0.25) is 0 Å². The van der Waals surface area contributed by atoms with Gasteiger partial charge in [-0.25, -0.2) is 0 Å². The molecule has 0 bridgehead atoms. The van der Waals surface area contributed by atoms with Gasteiger partial charge in [-0.15, -0.1) is 5.10 Å². The van der Waals surface area contributed by atoms with E-state index < -0.39 is 5.97 Å². The molecule has 92 valence electrons. The molecule has 1 fully saturated rings. The van der Waals surface area contributed by atoms with Crippen LogP contribution >= 0.6 is 0 Å². The SMILES string of the molecule is O=C(O)CC1CN(C(=O)CCn2ccnn2)C1. The van der Waals surface area contributed by atoms with Crippen LogP contribution in [0.25, 0.3) is 0 Å². The van der Waals surface area contributed by atoms with E-state index in [1.54, 1.807) is 22.0 Å². The monoisotopic (exact) mass is 238 g/mol. The van der Waals surface area contributed by atoms with Crippen molar-refractivity contribution in [3.63, 3.8) is 0 Å². The van der Waals surface area contributed by atoms with Crippen LogP contribution < -0.4 is 0 Å². The maximum absolute atomic E-state index is 11.7. The minimum atomic E-state index is -0.801. The topological polar surface area (TPSA) is 88.3 Å². The van der Waals surface area contributed by atoms with E-state index in [0.29, 0.717) is 26.1 Å². The average molecular weight is 238 g/mol. The van der Waals surface area contributed by atoms with Crippen molar-refractivity contribution in [3.05, 3.63) is 12.4 Å². The van der Waals surface area contributed by atoms with E-state index in [4.69, 9.17) is 5.11 Å². The molecule has 0 aromatic carbocycles. The molecule has 1 aromatic heterocycles. The Bertz CT molecular complexity index is 398. The van der Waals surface area contributed by atoms with Gasteiger partial charge in [0.1, 0.15) is 0 Å². The third-order valence-electron chi connectivity index (χ3n) is 2.80. The van der Waals surface area contributed by atoms with Crippen LogP contribution in [0, 0.1) is 5.92 Å². The van der Waals surface area contributed by atoms with Crippen LogP contribution in [0.1, 0.15) is 12.8 Å². The van der Waals surface area contributed by atoms with E-state index in [2.05, 4.69) is 10.3 Å². The molecule has 2 rings (SSSR count). The molecule has 1 saturated heterocycles. The molecule has 1 aliphatic rings. The molecular formula is C10H14N4O3. The largest absolute Gasteiger partial charge is 0.481 e. The molecular weight excluding hydrogens is 224 g/mol. The van der Waals surface area contributed by atoms with Gasteiger partial charge < -0.3 is 10.0 Å². The highest BCUT2D eigenvalue weighted by Gasteiger charge is 2.31. The number of amides is 1. The molecule has 7 heteroatoms. The second-order valence-electron chi connectivity index (χ2n) is 4.18. The first kappa shape index (κ1) is 11.6. The summed E-state index contributed by atoms with van der Waals surface area (Å²) >= 11 is 0. The Morgan fingerprint density at radius 3 is 2.76 bits per heavy atom. The van der Waals surface area contributed by atoms with Crippen LogP contribution in [0.3, 0.4) is 0 Å².